The average Bonchev–Trinajstić information content (AvgIpc) is 2.30. The van der Waals surface area contributed by atoms with Crippen LogP contribution in [0.5, 0.6) is 5.75 Å². The lowest BCUT2D eigenvalue weighted by Gasteiger charge is -2.15. The number of nitrogens with two attached hydrogens (primary N) is 1. The first-order valence-corrected chi connectivity index (χ1v) is 7.24. The van der Waals surface area contributed by atoms with E-state index in [2.05, 4.69) is 0 Å². The van der Waals surface area contributed by atoms with E-state index in [-0.39, 0.29) is 6.04 Å². The zero-order valence-corrected chi connectivity index (χ0v) is 12.9. The highest BCUT2D eigenvalue weighted by atomic mass is 35.5. The number of hydrogen-bond acceptors (Lipinski definition) is 3. The average molecular weight is 306 g/mol. The Labute approximate surface area is 125 Å². The van der Waals surface area contributed by atoms with Crippen molar-refractivity contribution in [3.8, 4) is 5.75 Å². The Kier molecular flexibility index (Phi) is 7.54. The lowest BCUT2D eigenvalue weighted by atomic mass is 10.1. The Morgan fingerprint density at radius 3 is 2.63 bits per heavy atom. The van der Waals surface area contributed by atoms with Crippen molar-refractivity contribution < 1.29 is 9.47 Å². The third kappa shape index (κ3) is 6.00. The van der Waals surface area contributed by atoms with Gasteiger partial charge >= 0.3 is 0 Å². The summed E-state index contributed by atoms with van der Waals surface area (Å²) in [6.07, 6.45) is 1.51. The Balaban J connectivity index is 2.68. The second-order valence-corrected chi connectivity index (χ2v) is 5.30. The van der Waals surface area contributed by atoms with Gasteiger partial charge in [0.15, 0.2) is 0 Å². The van der Waals surface area contributed by atoms with Crippen molar-refractivity contribution in [3.63, 3.8) is 0 Å². The SMILES string of the molecule is CCOCCCOc1c(Cl)cc(Cl)cc1CC(C)N. The van der Waals surface area contributed by atoms with Crippen molar-refractivity contribution >= 4 is 23.2 Å². The smallest absolute Gasteiger partial charge is 0.141 e. The molecule has 1 aromatic carbocycles. The molecule has 3 nitrogen and oxygen atoms in total. The third-order valence-corrected chi connectivity index (χ3v) is 3.01. The predicted molar refractivity (Wildman–Crippen MR) is 80.4 cm³/mol. The molecule has 0 aliphatic heterocycles. The molecule has 2 N–H and O–H groups in total. The fraction of sp³-hybridized carbons (Fsp3) is 0.571. The molecule has 5 heteroatoms. The number of ether oxygens (including phenoxy) is 2. The Morgan fingerprint density at radius 1 is 1.26 bits per heavy atom. The zero-order valence-electron chi connectivity index (χ0n) is 11.4. The van der Waals surface area contributed by atoms with Gasteiger partial charge in [0.25, 0.3) is 0 Å². The first-order chi connectivity index (χ1) is 9.04. The van der Waals surface area contributed by atoms with E-state index in [1.165, 1.54) is 0 Å². The molecule has 108 valence electrons. The van der Waals surface area contributed by atoms with E-state index in [0.717, 1.165) is 18.6 Å². The minimum Gasteiger partial charge on any atom is -0.492 e. The van der Waals surface area contributed by atoms with Gasteiger partial charge in [-0.2, -0.15) is 0 Å². The highest BCUT2D eigenvalue weighted by Crippen LogP contribution is 2.33. The van der Waals surface area contributed by atoms with E-state index < -0.39 is 0 Å². The van der Waals surface area contributed by atoms with Gasteiger partial charge in [0.2, 0.25) is 0 Å². The van der Waals surface area contributed by atoms with Crippen molar-refractivity contribution in [2.75, 3.05) is 19.8 Å². The number of benzene rings is 1. The summed E-state index contributed by atoms with van der Waals surface area (Å²) in [5.74, 6) is 0.680. The molecule has 19 heavy (non-hydrogen) atoms. The summed E-state index contributed by atoms with van der Waals surface area (Å²) in [5, 5.41) is 1.13. The quantitative estimate of drug-likeness (QED) is 0.745. The molecule has 1 unspecified atom stereocenters. The van der Waals surface area contributed by atoms with Crippen LogP contribution >= 0.6 is 23.2 Å². The summed E-state index contributed by atoms with van der Waals surface area (Å²) in [6, 6.07) is 3.57. The Morgan fingerprint density at radius 2 is 2.00 bits per heavy atom. The number of hydrogen-bond donors (Lipinski definition) is 1. The second kappa shape index (κ2) is 8.64. The van der Waals surface area contributed by atoms with Crippen LogP contribution in [0.4, 0.5) is 0 Å². The first-order valence-electron chi connectivity index (χ1n) is 6.48. The molecule has 0 radical (unpaired) electrons. The fourth-order valence-electron chi connectivity index (χ4n) is 1.75. The molecule has 0 aliphatic rings. The largest absolute Gasteiger partial charge is 0.492 e. The molecule has 0 heterocycles. The highest BCUT2D eigenvalue weighted by molar-refractivity contribution is 6.35. The molecule has 0 bridgehead atoms. The van der Waals surface area contributed by atoms with E-state index >= 15 is 0 Å². The van der Waals surface area contributed by atoms with Gasteiger partial charge in [0, 0.05) is 30.7 Å². The van der Waals surface area contributed by atoms with Crippen LogP contribution in [-0.4, -0.2) is 25.9 Å². The van der Waals surface area contributed by atoms with Crippen molar-refractivity contribution in [1.29, 1.82) is 0 Å². The van der Waals surface area contributed by atoms with Gasteiger partial charge in [0.1, 0.15) is 5.75 Å². The first kappa shape index (κ1) is 16.6. The third-order valence-electron chi connectivity index (χ3n) is 2.51. The van der Waals surface area contributed by atoms with Gasteiger partial charge < -0.3 is 15.2 Å². The molecule has 0 aliphatic carbocycles. The highest BCUT2D eigenvalue weighted by Gasteiger charge is 2.12. The van der Waals surface area contributed by atoms with Crippen LogP contribution in [0.3, 0.4) is 0 Å². The van der Waals surface area contributed by atoms with Gasteiger partial charge in [-0.05, 0) is 38.0 Å². The van der Waals surface area contributed by atoms with Crippen LogP contribution < -0.4 is 10.5 Å². The van der Waals surface area contributed by atoms with E-state index in [4.69, 9.17) is 38.4 Å². The normalized spacial score (nSPS) is 12.5. The van der Waals surface area contributed by atoms with Crippen LogP contribution in [0.15, 0.2) is 12.1 Å². The molecule has 1 rings (SSSR count). The maximum absolute atomic E-state index is 6.18. The number of halogens is 2. The van der Waals surface area contributed by atoms with Crippen molar-refractivity contribution in [2.24, 2.45) is 5.73 Å². The van der Waals surface area contributed by atoms with Crippen molar-refractivity contribution in [3.05, 3.63) is 27.7 Å². The minimum absolute atomic E-state index is 0.0281. The number of rotatable bonds is 8. The van der Waals surface area contributed by atoms with Gasteiger partial charge in [-0.1, -0.05) is 23.2 Å². The summed E-state index contributed by atoms with van der Waals surface area (Å²) in [6.45, 7) is 5.88. The van der Waals surface area contributed by atoms with Gasteiger partial charge in [0.05, 0.1) is 11.6 Å². The minimum atomic E-state index is 0.0281. The van der Waals surface area contributed by atoms with Crippen LogP contribution in [0, 0.1) is 0 Å². The molecular formula is C14H21Cl2NO2. The van der Waals surface area contributed by atoms with E-state index in [1.54, 1.807) is 6.07 Å². The molecule has 0 saturated carbocycles. The Bertz CT molecular complexity index is 397. The van der Waals surface area contributed by atoms with Gasteiger partial charge in [-0.15, -0.1) is 0 Å². The molecular weight excluding hydrogens is 285 g/mol. The monoisotopic (exact) mass is 305 g/mol. The second-order valence-electron chi connectivity index (χ2n) is 4.46. The van der Waals surface area contributed by atoms with Crippen LogP contribution in [0.25, 0.3) is 0 Å². The molecule has 0 aromatic heterocycles. The van der Waals surface area contributed by atoms with E-state index in [9.17, 15) is 0 Å². The topological polar surface area (TPSA) is 44.5 Å². The zero-order chi connectivity index (χ0) is 14.3. The van der Waals surface area contributed by atoms with E-state index in [0.29, 0.717) is 35.4 Å². The predicted octanol–water partition coefficient (Wildman–Crippen LogP) is 3.69. The summed E-state index contributed by atoms with van der Waals surface area (Å²) in [5.41, 5.74) is 6.77. The summed E-state index contributed by atoms with van der Waals surface area (Å²) >= 11 is 12.2. The van der Waals surface area contributed by atoms with E-state index in [1.807, 2.05) is 19.9 Å². The maximum atomic E-state index is 6.18. The van der Waals surface area contributed by atoms with Crippen molar-refractivity contribution in [2.45, 2.75) is 32.7 Å². The summed E-state index contributed by atoms with van der Waals surface area (Å²) in [7, 11) is 0. The van der Waals surface area contributed by atoms with Gasteiger partial charge in [-0.25, -0.2) is 0 Å². The molecule has 0 saturated heterocycles. The summed E-state index contributed by atoms with van der Waals surface area (Å²) in [4.78, 5) is 0. The maximum Gasteiger partial charge on any atom is 0.141 e. The van der Waals surface area contributed by atoms with Gasteiger partial charge in [-0.3, -0.25) is 0 Å². The fourth-order valence-corrected chi connectivity index (χ4v) is 2.34. The Hall–Kier alpha value is -0.480. The summed E-state index contributed by atoms with van der Waals surface area (Å²) < 4.78 is 11.0. The molecule has 1 atom stereocenters. The van der Waals surface area contributed by atoms with Crippen LogP contribution in [-0.2, 0) is 11.2 Å². The molecule has 0 amide bonds. The van der Waals surface area contributed by atoms with Crippen molar-refractivity contribution in [1.82, 2.24) is 0 Å². The standard InChI is InChI=1S/C14H21Cl2NO2/c1-3-18-5-4-6-19-14-11(7-10(2)17)8-12(15)9-13(14)16/h8-10H,3-7,17H2,1-2H3. The molecule has 0 fully saturated rings. The van der Waals surface area contributed by atoms with Crippen LogP contribution in [0.1, 0.15) is 25.8 Å². The lowest BCUT2D eigenvalue weighted by Crippen LogP contribution is -2.18. The molecule has 0 spiro atoms. The van der Waals surface area contributed by atoms with Crippen LogP contribution in [0.2, 0.25) is 10.0 Å². The lowest BCUT2D eigenvalue weighted by molar-refractivity contribution is 0.130. The molecule has 1 aromatic rings.